The monoisotopic (exact) mass is 423 g/mol. The highest BCUT2D eigenvalue weighted by atomic mass is 35.5. The first-order chi connectivity index (χ1) is 12.9. The van der Waals surface area contributed by atoms with E-state index in [0.717, 1.165) is 10.6 Å². The maximum atomic E-state index is 12.5. The Morgan fingerprint density at radius 3 is 2.63 bits per heavy atom. The molecule has 0 aliphatic carbocycles. The van der Waals surface area contributed by atoms with Crippen LogP contribution in [0.5, 0.6) is 5.88 Å². The molecule has 9 heteroatoms. The van der Waals surface area contributed by atoms with Gasteiger partial charge in [0.25, 0.3) is 0 Å². The first-order valence-corrected chi connectivity index (χ1v) is 10.9. The third-order valence-electron chi connectivity index (χ3n) is 3.80. The molecule has 0 saturated heterocycles. The van der Waals surface area contributed by atoms with Crippen LogP contribution in [-0.2, 0) is 10.0 Å². The van der Waals surface area contributed by atoms with E-state index in [9.17, 15) is 8.42 Å². The van der Waals surface area contributed by atoms with Crippen molar-refractivity contribution in [3.8, 4) is 16.5 Å². The molecule has 0 aliphatic rings. The van der Waals surface area contributed by atoms with Gasteiger partial charge in [0.05, 0.1) is 9.77 Å². The molecule has 1 aromatic carbocycles. The summed E-state index contributed by atoms with van der Waals surface area (Å²) in [7, 11) is -3.64. The van der Waals surface area contributed by atoms with E-state index in [1.165, 1.54) is 0 Å². The molecule has 0 amide bonds. The topological polar surface area (TPSA) is 81.2 Å². The van der Waals surface area contributed by atoms with Crippen molar-refractivity contribution in [3.63, 3.8) is 0 Å². The summed E-state index contributed by atoms with van der Waals surface area (Å²) in [5.74, 6) is 0.341. The van der Waals surface area contributed by atoms with E-state index in [2.05, 4.69) is 14.9 Å². The Hall–Kier alpha value is -2.00. The number of aryl methyl sites for hydroxylation is 2. The summed E-state index contributed by atoms with van der Waals surface area (Å²) < 4.78 is 32.9. The number of halogens is 1. The SMILES string of the molecule is Cc1cc(S(=O)(=O)NCCOc2ccc(-c3cccs3)nn2)c(C)cc1Cl. The van der Waals surface area contributed by atoms with Crippen LogP contribution in [0.15, 0.2) is 46.7 Å². The Morgan fingerprint density at radius 1 is 1.15 bits per heavy atom. The summed E-state index contributed by atoms with van der Waals surface area (Å²) >= 11 is 7.61. The Kier molecular flexibility index (Phi) is 6.11. The van der Waals surface area contributed by atoms with Crippen LogP contribution in [0.1, 0.15) is 11.1 Å². The van der Waals surface area contributed by atoms with Gasteiger partial charge in [-0.15, -0.1) is 21.5 Å². The van der Waals surface area contributed by atoms with Gasteiger partial charge in [0.15, 0.2) is 0 Å². The number of ether oxygens (including phenoxy) is 1. The van der Waals surface area contributed by atoms with Gasteiger partial charge in [-0.3, -0.25) is 0 Å². The third-order valence-corrected chi connectivity index (χ3v) is 6.71. The van der Waals surface area contributed by atoms with Gasteiger partial charge in [0.1, 0.15) is 12.3 Å². The number of thiophene rings is 1. The lowest BCUT2D eigenvalue weighted by atomic mass is 10.2. The number of nitrogens with zero attached hydrogens (tertiary/aromatic N) is 2. The number of hydrogen-bond donors (Lipinski definition) is 1. The molecule has 3 aromatic rings. The fourth-order valence-corrected chi connectivity index (χ4v) is 4.64. The van der Waals surface area contributed by atoms with Crippen LogP contribution in [0.3, 0.4) is 0 Å². The standard InChI is InChI=1S/C18H18ClN3O3S2/c1-12-11-17(13(2)10-14(12)19)27(23,24)20-7-8-25-18-6-5-15(21-22-18)16-4-3-9-26-16/h3-6,9-11,20H,7-8H2,1-2H3. The van der Waals surface area contributed by atoms with Gasteiger partial charge in [0.2, 0.25) is 15.9 Å². The van der Waals surface area contributed by atoms with E-state index < -0.39 is 10.0 Å². The fraction of sp³-hybridized carbons (Fsp3) is 0.222. The maximum absolute atomic E-state index is 12.5. The molecule has 0 fully saturated rings. The number of aromatic nitrogens is 2. The van der Waals surface area contributed by atoms with Crippen molar-refractivity contribution in [2.75, 3.05) is 13.2 Å². The molecular formula is C18H18ClN3O3S2. The molecule has 142 valence electrons. The molecular weight excluding hydrogens is 406 g/mol. The smallest absolute Gasteiger partial charge is 0.240 e. The molecule has 0 unspecified atom stereocenters. The Balaban J connectivity index is 1.56. The summed E-state index contributed by atoms with van der Waals surface area (Å²) in [6.45, 7) is 3.72. The molecule has 0 radical (unpaired) electrons. The fourth-order valence-electron chi connectivity index (χ4n) is 2.41. The van der Waals surface area contributed by atoms with Gasteiger partial charge >= 0.3 is 0 Å². The van der Waals surface area contributed by atoms with Crippen molar-refractivity contribution in [1.29, 1.82) is 0 Å². The van der Waals surface area contributed by atoms with Gasteiger partial charge < -0.3 is 4.74 Å². The molecule has 0 aliphatic heterocycles. The summed E-state index contributed by atoms with van der Waals surface area (Å²) in [6, 6.07) is 10.6. The van der Waals surface area contributed by atoms with Gasteiger partial charge in [-0.05, 0) is 54.6 Å². The molecule has 27 heavy (non-hydrogen) atoms. The van der Waals surface area contributed by atoms with Crippen LogP contribution in [0.4, 0.5) is 0 Å². The largest absolute Gasteiger partial charge is 0.475 e. The average molecular weight is 424 g/mol. The lowest BCUT2D eigenvalue weighted by Gasteiger charge is -2.11. The van der Waals surface area contributed by atoms with Gasteiger partial charge in [-0.25, -0.2) is 13.1 Å². The predicted molar refractivity (Wildman–Crippen MR) is 107 cm³/mol. The predicted octanol–water partition coefficient (Wildman–Crippen LogP) is 3.83. The first kappa shape index (κ1) is 19.8. The molecule has 2 heterocycles. The summed E-state index contributed by atoms with van der Waals surface area (Å²) in [5, 5.41) is 10.6. The Labute approximate surface area is 167 Å². The lowest BCUT2D eigenvalue weighted by Crippen LogP contribution is -2.29. The maximum Gasteiger partial charge on any atom is 0.240 e. The summed E-state index contributed by atoms with van der Waals surface area (Å²) in [5.41, 5.74) is 2.07. The van der Waals surface area contributed by atoms with Crippen LogP contribution in [0.25, 0.3) is 10.6 Å². The zero-order chi connectivity index (χ0) is 19.4. The summed E-state index contributed by atoms with van der Waals surface area (Å²) in [6.07, 6.45) is 0. The number of sulfonamides is 1. The minimum atomic E-state index is -3.64. The Morgan fingerprint density at radius 2 is 1.96 bits per heavy atom. The van der Waals surface area contributed by atoms with Crippen LogP contribution in [0, 0.1) is 13.8 Å². The Bertz CT molecular complexity index is 1020. The highest BCUT2D eigenvalue weighted by Gasteiger charge is 2.17. The molecule has 0 bridgehead atoms. The van der Waals surface area contributed by atoms with Crippen molar-refractivity contribution >= 4 is 33.0 Å². The van der Waals surface area contributed by atoms with E-state index in [-0.39, 0.29) is 18.0 Å². The highest BCUT2D eigenvalue weighted by Crippen LogP contribution is 2.24. The quantitative estimate of drug-likeness (QED) is 0.584. The average Bonchev–Trinajstić information content (AvgIpc) is 3.17. The van der Waals surface area contributed by atoms with Crippen molar-refractivity contribution in [1.82, 2.24) is 14.9 Å². The lowest BCUT2D eigenvalue weighted by molar-refractivity contribution is 0.307. The van der Waals surface area contributed by atoms with Gasteiger partial charge in [-0.1, -0.05) is 17.7 Å². The van der Waals surface area contributed by atoms with E-state index in [1.54, 1.807) is 43.4 Å². The molecule has 1 N–H and O–H groups in total. The van der Waals surface area contributed by atoms with Crippen molar-refractivity contribution in [2.45, 2.75) is 18.7 Å². The normalized spacial score (nSPS) is 11.5. The van der Waals surface area contributed by atoms with E-state index in [4.69, 9.17) is 16.3 Å². The van der Waals surface area contributed by atoms with Crippen molar-refractivity contribution < 1.29 is 13.2 Å². The molecule has 0 atom stereocenters. The number of nitrogens with one attached hydrogen (secondary N) is 1. The minimum absolute atomic E-state index is 0.109. The van der Waals surface area contributed by atoms with Gasteiger partial charge in [0, 0.05) is 17.6 Å². The summed E-state index contributed by atoms with van der Waals surface area (Å²) in [4.78, 5) is 1.24. The van der Waals surface area contributed by atoms with E-state index in [1.807, 2.05) is 23.6 Å². The van der Waals surface area contributed by atoms with Crippen LogP contribution < -0.4 is 9.46 Å². The van der Waals surface area contributed by atoms with Crippen LogP contribution >= 0.6 is 22.9 Å². The zero-order valence-corrected chi connectivity index (χ0v) is 17.2. The first-order valence-electron chi connectivity index (χ1n) is 8.13. The van der Waals surface area contributed by atoms with Crippen molar-refractivity contribution in [3.05, 3.63) is 57.9 Å². The van der Waals surface area contributed by atoms with Crippen LogP contribution in [0.2, 0.25) is 5.02 Å². The van der Waals surface area contributed by atoms with E-state index in [0.29, 0.717) is 22.0 Å². The van der Waals surface area contributed by atoms with E-state index >= 15 is 0 Å². The number of rotatable bonds is 7. The zero-order valence-electron chi connectivity index (χ0n) is 14.8. The molecule has 6 nitrogen and oxygen atoms in total. The second-order valence-corrected chi connectivity index (χ2v) is 8.94. The number of benzene rings is 1. The highest BCUT2D eigenvalue weighted by molar-refractivity contribution is 7.89. The number of hydrogen-bond acceptors (Lipinski definition) is 6. The molecule has 0 saturated carbocycles. The van der Waals surface area contributed by atoms with Gasteiger partial charge in [-0.2, -0.15) is 0 Å². The second kappa shape index (κ2) is 8.35. The minimum Gasteiger partial charge on any atom is -0.475 e. The van der Waals surface area contributed by atoms with Crippen molar-refractivity contribution in [2.24, 2.45) is 0 Å². The molecule has 2 aromatic heterocycles. The second-order valence-electron chi connectivity index (χ2n) is 5.85. The molecule has 0 spiro atoms. The van der Waals surface area contributed by atoms with Crippen LogP contribution in [-0.4, -0.2) is 31.8 Å². The molecule has 3 rings (SSSR count). The third kappa shape index (κ3) is 4.84.